The Kier molecular flexibility index (Phi) is 4.05. The maximum atomic E-state index is 12.1. The van der Waals surface area contributed by atoms with Crippen molar-refractivity contribution in [1.29, 1.82) is 0 Å². The molecule has 0 amide bonds. The molecule has 0 atom stereocenters. The van der Waals surface area contributed by atoms with Gasteiger partial charge in [-0.3, -0.25) is 4.72 Å². The molecule has 8 heteroatoms. The van der Waals surface area contributed by atoms with Crippen molar-refractivity contribution in [3.63, 3.8) is 0 Å². The van der Waals surface area contributed by atoms with E-state index in [2.05, 4.69) is 9.71 Å². The summed E-state index contributed by atoms with van der Waals surface area (Å²) in [4.78, 5) is 15.6. The lowest BCUT2D eigenvalue weighted by atomic mass is 10.3. The first-order valence-electron chi connectivity index (χ1n) is 5.73. The molecule has 2 N–H and O–H groups in total. The summed E-state index contributed by atoms with van der Waals surface area (Å²) in [5.41, 5.74) is -0.0295. The van der Waals surface area contributed by atoms with Crippen molar-refractivity contribution in [2.24, 2.45) is 0 Å². The largest absolute Gasteiger partial charge is 0.478 e. The standard InChI is InChI=1S/C12H12N2O4S2/c1-2-9-3-4-11(19-9)20(17,18)14-10-7-8(12(15)16)5-6-13-10/h3-7H,2H2,1H3,(H,13,14)(H,15,16). The van der Waals surface area contributed by atoms with Gasteiger partial charge in [-0.15, -0.1) is 11.3 Å². The van der Waals surface area contributed by atoms with E-state index in [1.165, 1.54) is 35.7 Å². The van der Waals surface area contributed by atoms with Crippen molar-refractivity contribution in [2.75, 3.05) is 4.72 Å². The zero-order valence-electron chi connectivity index (χ0n) is 10.5. The molecule has 2 aromatic heterocycles. The number of rotatable bonds is 5. The minimum atomic E-state index is -3.73. The maximum Gasteiger partial charge on any atom is 0.335 e. The van der Waals surface area contributed by atoms with Crippen molar-refractivity contribution in [2.45, 2.75) is 17.6 Å². The van der Waals surface area contributed by atoms with E-state index in [9.17, 15) is 13.2 Å². The molecule has 0 saturated carbocycles. The van der Waals surface area contributed by atoms with Gasteiger partial charge in [-0.2, -0.15) is 0 Å². The quantitative estimate of drug-likeness (QED) is 0.882. The number of hydrogen-bond donors (Lipinski definition) is 2. The van der Waals surface area contributed by atoms with Gasteiger partial charge in [0.05, 0.1) is 5.56 Å². The fourth-order valence-corrected chi connectivity index (χ4v) is 3.79. The molecular weight excluding hydrogens is 300 g/mol. The number of aromatic carboxylic acids is 1. The van der Waals surface area contributed by atoms with Gasteiger partial charge in [0, 0.05) is 11.1 Å². The van der Waals surface area contributed by atoms with E-state index in [-0.39, 0.29) is 15.6 Å². The van der Waals surface area contributed by atoms with Crippen LogP contribution >= 0.6 is 11.3 Å². The molecule has 0 fully saturated rings. The van der Waals surface area contributed by atoms with E-state index in [4.69, 9.17) is 5.11 Å². The summed E-state index contributed by atoms with van der Waals surface area (Å²) in [7, 11) is -3.73. The summed E-state index contributed by atoms with van der Waals surface area (Å²) in [6.07, 6.45) is 2.00. The number of nitrogens with zero attached hydrogens (tertiary/aromatic N) is 1. The Labute approximate surface area is 120 Å². The van der Waals surface area contributed by atoms with E-state index in [1.54, 1.807) is 6.07 Å². The molecule has 0 aliphatic rings. The molecule has 0 aliphatic carbocycles. The summed E-state index contributed by atoms with van der Waals surface area (Å²) in [5, 5.41) is 8.86. The number of carboxylic acid groups (broad SMARTS) is 1. The van der Waals surface area contributed by atoms with Crippen LogP contribution in [0.2, 0.25) is 0 Å². The number of aromatic nitrogens is 1. The minimum Gasteiger partial charge on any atom is -0.478 e. The number of carboxylic acids is 1. The second-order valence-electron chi connectivity index (χ2n) is 3.91. The second kappa shape index (κ2) is 5.59. The van der Waals surface area contributed by atoms with E-state index in [0.29, 0.717) is 0 Å². The Morgan fingerprint density at radius 2 is 2.15 bits per heavy atom. The molecule has 0 saturated heterocycles. The number of carbonyl (C=O) groups is 1. The summed E-state index contributed by atoms with van der Waals surface area (Å²) in [6.45, 7) is 1.94. The fraction of sp³-hybridized carbons (Fsp3) is 0.167. The number of aryl methyl sites for hydroxylation is 1. The second-order valence-corrected chi connectivity index (χ2v) is 6.99. The highest BCUT2D eigenvalue weighted by Crippen LogP contribution is 2.24. The van der Waals surface area contributed by atoms with Crippen LogP contribution in [0, 0.1) is 0 Å². The third-order valence-electron chi connectivity index (χ3n) is 2.50. The number of anilines is 1. The monoisotopic (exact) mass is 312 g/mol. The van der Waals surface area contributed by atoms with Crippen LogP contribution in [0.4, 0.5) is 5.82 Å². The molecule has 0 spiro atoms. The average Bonchev–Trinajstić information content (AvgIpc) is 2.88. The minimum absolute atomic E-state index is 0.0173. The normalized spacial score (nSPS) is 11.2. The van der Waals surface area contributed by atoms with Crippen molar-refractivity contribution in [3.8, 4) is 0 Å². The Morgan fingerprint density at radius 1 is 1.40 bits per heavy atom. The third kappa shape index (κ3) is 3.14. The predicted octanol–water partition coefficient (Wildman–Crippen LogP) is 2.20. The van der Waals surface area contributed by atoms with E-state index < -0.39 is 16.0 Å². The van der Waals surface area contributed by atoms with Crippen molar-refractivity contribution in [3.05, 3.63) is 40.9 Å². The molecule has 6 nitrogen and oxygen atoms in total. The van der Waals surface area contributed by atoms with Crippen molar-refractivity contribution in [1.82, 2.24) is 4.98 Å². The van der Waals surface area contributed by atoms with Crippen LogP contribution in [0.5, 0.6) is 0 Å². The van der Waals surface area contributed by atoms with E-state index >= 15 is 0 Å². The lowest BCUT2D eigenvalue weighted by molar-refractivity contribution is 0.0697. The Morgan fingerprint density at radius 3 is 2.75 bits per heavy atom. The van der Waals surface area contributed by atoms with Gasteiger partial charge >= 0.3 is 5.97 Å². The van der Waals surface area contributed by atoms with Crippen LogP contribution in [0.1, 0.15) is 22.2 Å². The van der Waals surface area contributed by atoms with Gasteiger partial charge in [-0.05, 0) is 30.7 Å². The molecule has 0 bridgehead atoms. The summed E-state index contributed by atoms with van der Waals surface area (Å²) in [6, 6.07) is 5.74. The summed E-state index contributed by atoms with van der Waals surface area (Å²) < 4.78 is 26.7. The van der Waals surface area contributed by atoms with Crippen LogP contribution in [0.25, 0.3) is 0 Å². The number of nitrogens with one attached hydrogen (secondary N) is 1. The number of hydrogen-bond acceptors (Lipinski definition) is 5. The smallest absolute Gasteiger partial charge is 0.335 e. The maximum absolute atomic E-state index is 12.1. The number of thiophene rings is 1. The molecule has 2 aromatic rings. The van der Waals surface area contributed by atoms with Crippen LogP contribution < -0.4 is 4.72 Å². The molecule has 0 radical (unpaired) electrons. The molecule has 0 unspecified atom stereocenters. The molecule has 2 rings (SSSR count). The molecule has 20 heavy (non-hydrogen) atoms. The molecular formula is C12H12N2O4S2. The highest BCUT2D eigenvalue weighted by atomic mass is 32.2. The van der Waals surface area contributed by atoms with Crippen molar-refractivity contribution >= 4 is 33.1 Å². The van der Waals surface area contributed by atoms with Crippen LogP contribution in [-0.2, 0) is 16.4 Å². The predicted molar refractivity (Wildman–Crippen MR) is 75.7 cm³/mol. The average molecular weight is 312 g/mol. The Balaban J connectivity index is 2.28. The first kappa shape index (κ1) is 14.5. The van der Waals surface area contributed by atoms with Gasteiger partial charge in [0.25, 0.3) is 10.0 Å². The third-order valence-corrected chi connectivity index (χ3v) is 5.57. The topological polar surface area (TPSA) is 96.4 Å². The number of sulfonamides is 1. The first-order chi connectivity index (χ1) is 9.42. The van der Waals surface area contributed by atoms with Gasteiger partial charge < -0.3 is 5.11 Å². The molecule has 2 heterocycles. The lowest BCUT2D eigenvalue weighted by Crippen LogP contribution is -2.13. The van der Waals surface area contributed by atoms with Crippen molar-refractivity contribution < 1.29 is 18.3 Å². The highest BCUT2D eigenvalue weighted by molar-refractivity contribution is 7.94. The molecule has 0 aliphatic heterocycles. The zero-order chi connectivity index (χ0) is 14.8. The molecule has 0 aromatic carbocycles. The van der Waals surface area contributed by atoms with Gasteiger partial charge in [0.2, 0.25) is 0 Å². The molecule has 106 valence electrons. The van der Waals surface area contributed by atoms with E-state index in [1.807, 2.05) is 6.92 Å². The van der Waals surface area contributed by atoms with Gasteiger partial charge in [0.1, 0.15) is 10.0 Å². The van der Waals surface area contributed by atoms with Gasteiger partial charge in [-0.25, -0.2) is 18.2 Å². The Hall–Kier alpha value is -1.93. The summed E-state index contributed by atoms with van der Waals surface area (Å²) in [5.74, 6) is -1.16. The Bertz CT molecular complexity index is 737. The van der Waals surface area contributed by atoms with Gasteiger partial charge in [-0.1, -0.05) is 6.92 Å². The highest BCUT2D eigenvalue weighted by Gasteiger charge is 2.18. The fourth-order valence-electron chi connectivity index (χ4n) is 1.50. The van der Waals surface area contributed by atoms with E-state index in [0.717, 1.165) is 11.3 Å². The number of pyridine rings is 1. The lowest BCUT2D eigenvalue weighted by Gasteiger charge is -2.05. The van der Waals surface area contributed by atoms with Crippen LogP contribution in [-0.4, -0.2) is 24.5 Å². The SMILES string of the molecule is CCc1ccc(S(=O)(=O)Nc2cc(C(=O)O)ccn2)s1. The summed E-state index contributed by atoms with van der Waals surface area (Å²) >= 11 is 1.18. The van der Waals surface area contributed by atoms with Crippen LogP contribution in [0.3, 0.4) is 0 Å². The first-order valence-corrected chi connectivity index (χ1v) is 8.03. The van der Waals surface area contributed by atoms with Crippen LogP contribution in [0.15, 0.2) is 34.7 Å². The zero-order valence-corrected chi connectivity index (χ0v) is 12.2. The van der Waals surface area contributed by atoms with Gasteiger partial charge in [0.15, 0.2) is 0 Å².